The van der Waals surface area contributed by atoms with Crippen molar-refractivity contribution in [3.05, 3.63) is 58.4 Å². The van der Waals surface area contributed by atoms with E-state index in [9.17, 15) is 8.42 Å². The summed E-state index contributed by atoms with van der Waals surface area (Å²) in [5, 5.41) is 1.99. The normalized spacial score (nSPS) is 11.7. The summed E-state index contributed by atoms with van der Waals surface area (Å²) >= 11 is 2.88. The van der Waals surface area contributed by atoms with Crippen LogP contribution in [0, 0.1) is 6.92 Å². The smallest absolute Gasteiger partial charge is 0.250 e. The van der Waals surface area contributed by atoms with Gasteiger partial charge in [-0.25, -0.2) is 13.1 Å². The molecule has 0 fully saturated rings. The van der Waals surface area contributed by atoms with E-state index in [-0.39, 0.29) is 6.54 Å². The standard InChI is InChI=1S/C15H14N2O2S3/c1-11-4-5-15(21-11)22(18,19)17-10-12-6-7-16-13(9-12)14-3-2-8-20-14/h2-9,17H,10H2,1H3. The Bertz CT molecular complexity index is 868. The Morgan fingerprint density at radius 3 is 2.77 bits per heavy atom. The van der Waals surface area contributed by atoms with Crippen LogP contribution in [0.1, 0.15) is 10.4 Å². The molecular weight excluding hydrogens is 336 g/mol. The summed E-state index contributed by atoms with van der Waals surface area (Å²) in [4.78, 5) is 6.37. The number of rotatable bonds is 5. The molecule has 0 atom stereocenters. The van der Waals surface area contributed by atoms with Gasteiger partial charge in [0.05, 0.1) is 10.6 Å². The van der Waals surface area contributed by atoms with E-state index in [2.05, 4.69) is 9.71 Å². The lowest BCUT2D eigenvalue weighted by atomic mass is 10.2. The molecule has 0 amide bonds. The molecule has 0 spiro atoms. The number of nitrogens with one attached hydrogen (secondary N) is 1. The van der Waals surface area contributed by atoms with Crippen LogP contribution < -0.4 is 4.72 Å². The molecule has 3 aromatic heterocycles. The van der Waals surface area contributed by atoms with E-state index >= 15 is 0 Å². The Labute approximate surface area is 137 Å². The second-order valence-corrected chi connectivity index (χ2v) is 8.95. The molecular formula is C15H14N2O2S3. The van der Waals surface area contributed by atoms with Gasteiger partial charge in [0.25, 0.3) is 0 Å². The molecule has 0 radical (unpaired) electrons. The first-order valence-electron chi connectivity index (χ1n) is 6.59. The Kier molecular flexibility index (Phi) is 4.39. The maximum Gasteiger partial charge on any atom is 0.250 e. The number of thiophene rings is 2. The lowest BCUT2D eigenvalue weighted by Crippen LogP contribution is -2.22. The number of aryl methyl sites for hydroxylation is 1. The average molecular weight is 350 g/mol. The van der Waals surface area contributed by atoms with E-state index in [0.29, 0.717) is 4.21 Å². The zero-order chi connectivity index (χ0) is 15.6. The van der Waals surface area contributed by atoms with Crippen LogP contribution in [0.2, 0.25) is 0 Å². The van der Waals surface area contributed by atoms with Gasteiger partial charge in [-0.15, -0.1) is 22.7 Å². The van der Waals surface area contributed by atoms with Crippen molar-refractivity contribution in [2.75, 3.05) is 0 Å². The van der Waals surface area contributed by atoms with Crippen LogP contribution in [0.4, 0.5) is 0 Å². The minimum Gasteiger partial charge on any atom is -0.255 e. The third kappa shape index (κ3) is 3.44. The van der Waals surface area contributed by atoms with Gasteiger partial charge in [-0.2, -0.15) is 0 Å². The fraction of sp³-hybridized carbons (Fsp3) is 0.133. The van der Waals surface area contributed by atoms with Gasteiger partial charge in [0.2, 0.25) is 10.0 Å². The first kappa shape index (κ1) is 15.4. The van der Waals surface area contributed by atoms with Gasteiger partial charge in [-0.05, 0) is 48.2 Å². The van der Waals surface area contributed by atoms with E-state index < -0.39 is 10.0 Å². The number of aromatic nitrogens is 1. The fourth-order valence-electron chi connectivity index (χ4n) is 1.95. The molecule has 114 valence electrons. The number of sulfonamides is 1. The van der Waals surface area contributed by atoms with Gasteiger partial charge in [-0.3, -0.25) is 4.98 Å². The molecule has 4 nitrogen and oxygen atoms in total. The molecule has 0 bridgehead atoms. The zero-order valence-corrected chi connectivity index (χ0v) is 14.3. The minimum atomic E-state index is -3.45. The van der Waals surface area contributed by atoms with E-state index in [0.717, 1.165) is 21.0 Å². The molecule has 0 aliphatic heterocycles. The summed E-state index contributed by atoms with van der Waals surface area (Å²) in [7, 11) is -3.45. The maximum atomic E-state index is 12.2. The second-order valence-electron chi connectivity index (χ2n) is 4.72. The summed E-state index contributed by atoms with van der Waals surface area (Å²) in [6.07, 6.45) is 1.70. The largest absolute Gasteiger partial charge is 0.255 e. The van der Waals surface area contributed by atoms with Crippen LogP contribution in [-0.4, -0.2) is 13.4 Å². The molecule has 22 heavy (non-hydrogen) atoms. The summed E-state index contributed by atoms with van der Waals surface area (Å²) in [6.45, 7) is 2.14. The first-order chi connectivity index (χ1) is 10.5. The fourth-order valence-corrected chi connectivity index (χ4v) is 4.99. The highest BCUT2D eigenvalue weighted by Gasteiger charge is 2.15. The molecule has 0 unspecified atom stereocenters. The summed E-state index contributed by atoms with van der Waals surface area (Å²) in [6, 6.07) is 11.1. The molecule has 7 heteroatoms. The van der Waals surface area contributed by atoms with E-state index in [1.807, 2.05) is 36.6 Å². The molecule has 3 heterocycles. The van der Waals surface area contributed by atoms with Gasteiger partial charge < -0.3 is 0 Å². The lowest BCUT2D eigenvalue weighted by molar-refractivity contribution is 0.583. The molecule has 0 aliphatic carbocycles. The molecule has 0 saturated heterocycles. The minimum absolute atomic E-state index is 0.250. The quantitative estimate of drug-likeness (QED) is 0.764. The zero-order valence-electron chi connectivity index (χ0n) is 11.8. The van der Waals surface area contributed by atoms with Crippen LogP contribution in [-0.2, 0) is 16.6 Å². The van der Waals surface area contributed by atoms with E-state index in [4.69, 9.17) is 0 Å². The van der Waals surface area contributed by atoms with Crippen molar-refractivity contribution in [1.29, 1.82) is 0 Å². The molecule has 0 aromatic carbocycles. The SMILES string of the molecule is Cc1ccc(S(=O)(=O)NCc2ccnc(-c3cccs3)c2)s1. The van der Waals surface area contributed by atoms with Gasteiger partial charge in [0.1, 0.15) is 4.21 Å². The Balaban J connectivity index is 1.75. The van der Waals surface area contributed by atoms with E-state index in [1.165, 1.54) is 11.3 Å². The average Bonchev–Trinajstić information content (AvgIpc) is 3.17. The Morgan fingerprint density at radius 1 is 1.23 bits per heavy atom. The number of hydrogen-bond acceptors (Lipinski definition) is 5. The van der Waals surface area contributed by atoms with Crippen LogP contribution in [0.15, 0.2) is 52.2 Å². The summed E-state index contributed by atoms with van der Waals surface area (Å²) in [5.74, 6) is 0. The monoisotopic (exact) mass is 350 g/mol. The molecule has 3 rings (SSSR count). The van der Waals surface area contributed by atoms with Gasteiger partial charge in [0, 0.05) is 17.6 Å². The second kappa shape index (κ2) is 6.29. The van der Waals surface area contributed by atoms with Crippen molar-refractivity contribution >= 4 is 32.7 Å². The number of nitrogens with zero attached hydrogens (tertiary/aromatic N) is 1. The van der Waals surface area contributed by atoms with Gasteiger partial charge in [0.15, 0.2) is 0 Å². The van der Waals surface area contributed by atoms with Crippen molar-refractivity contribution in [2.45, 2.75) is 17.7 Å². The third-order valence-corrected chi connectivity index (χ3v) is 6.83. The van der Waals surface area contributed by atoms with E-state index in [1.54, 1.807) is 29.7 Å². The highest BCUT2D eigenvalue weighted by molar-refractivity contribution is 7.91. The predicted octanol–water partition coefficient (Wildman–Crippen LogP) is 3.66. The van der Waals surface area contributed by atoms with Crippen molar-refractivity contribution in [2.24, 2.45) is 0 Å². The highest BCUT2D eigenvalue weighted by Crippen LogP contribution is 2.24. The molecule has 0 saturated carbocycles. The van der Waals surface area contributed by atoms with Crippen LogP contribution in [0.5, 0.6) is 0 Å². The number of hydrogen-bond donors (Lipinski definition) is 1. The van der Waals surface area contributed by atoms with Crippen LogP contribution in [0.3, 0.4) is 0 Å². The van der Waals surface area contributed by atoms with Crippen molar-refractivity contribution in [3.63, 3.8) is 0 Å². The third-order valence-electron chi connectivity index (χ3n) is 3.04. The summed E-state index contributed by atoms with van der Waals surface area (Å²) in [5.41, 5.74) is 1.74. The van der Waals surface area contributed by atoms with Gasteiger partial charge in [-0.1, -0.05) is 6.07 Å². The topological polar surface area (TPSA) is 59.1 Å². The molecule has 0 aliphatic rings. The van der Waals surface area contributed by atoms with Crippen molar-refractivity contribution < 1.29 is 8.42 Å². The highest BCUT2D eigenvalue weighted by atomic mass is 32.2. The Morgan fingerprint density at radius 2 is 2.09 bits per heavy atom. The van der Waals surface area contributed by atoms with Crippen molar-refractivity contribution in [1.82, 2.24) is 9.71 Å². The predicted molar refractivity (Wildman–Crippen MR) is 90.6 cm³/mol. The first-order valence-corrected chi connectivity index (χ1v) is 9.77. The van der Waals surface area contributed by atoms with Crippen LogP contribution in [0.25, 0.3) is 10.6 Å². The lowest BCUT2D eigenvalue weighted by Gasteiger charge is -2.06. The molecule has 3 aromatic rings. The van der Waals surface area contributed by atoms with Crippen LogP contribution >= 0.6 is 22.7 Å². The van der Waals surface area contributed by atoms with Crippen molar-refractivity contribution in [3.8, 4) is 10.6 Å². The molecule has 1 N–H and O–H groups in total. The van der Waals surface area contributed by atoms with Gasteiger partial charge >= 0.3 is 0 Å². The summed E-state index contributed by atoms with van der Waals surface area (Å²) < 4.78 is 27.4. The maximum absolute atomic E-state index is 12.2. The Hall–Kier alpha value is -1.54. The number of pyridine rings is 1.